The predicted molar refractivity (Wildman–Crippen MR) is 90.8 cm³/mol. The van der Waals surface area contributed by atoms with Gasteiger partial charge in [-0.15, -0.1) is 23.7 Å². The highest BCUT2D eigenvalue weighted by Gasteiger charge is 2.18. The molecule has 1 heterocycles. The summed E-state index contributed by atoms with van der Waals surface area (Å²) in [5, 5.41) is 1.13. The third-order valence-corrected chi connectivity index (χ3v) is 4.20. The van der Waals surface area contributed by atoms with Gasteiger partial charge in [-0.3, -0.25) is 0 Å². The fourth-order valence-electron chi connectivity index (χ4n) is 2.35. The molecular formula is C15H24ClN3S. The first-order chi connectivity index (χ1) is 8.89. The molecule has 0 radical (unpaired) electrons. The van der Waals surface area contributed by atoms with Gasteiger partial charge in [0.25, 0.3) is 0 Å². The zero-order chi connectivity index (χ0) is 14.0. The van der Waals surface area contributed by atoms with Crippen molar-refractivity contribution in [2.75, 3.05) is 20.1 Å². The summed E-state index contributed by atoms with van der Waals surface area (Å²) in [6.07, 6.45) is 0. The Morgan fingerprint density at radius 3 is 2.70 bits per heavy atom. The van der Waals surface area contributed by atoms with E-state index in [1.54, 1.807) is 11.3 Å². The molecule has 0 spiro atoms. The van der Waals surface area contributed by atoms with Crippen LogP contribution in [0.15, 0.2) is 18.2 Å². The number of aryl methyl sites for hydroxylation is 1. The number of hydrogen-bond donors (Lipinski definition) is 1. The maximum absolute atomic E-state index is 5.79. The molecule has 0 saturated heterocycles. The van der Waals surface area contributed by atoms with Gasteiger partial charge in [-0.25, -0.2) is 4.98 Å². The summed E-state index contributed by atoms with van der Waals surface area (Å²) < 4.78 is 1.28. The highest BCUT2D eigenvalue weighted by molar-refractivity contribution is 7.18. The second kappa shape index (κ2) is 6.85. The van der Waals surface area contributed by atoms with Crippen LogP contribution in [0.5, 0.6) is 0 Å². The lowest BCUT2D eigenvalue weighted by atomic mass is 9.93. The molecule has 3 nitrogen and oxygen atoms in total. The maximum atomic E-state index is 5.79. The van der Waals surface area contributed by atoms with E-state index >= 15 is 0 Å². The van der Waals surface area contributed by atoms with E-state index in [9.17, 15) is 0 Å². The lowest BCUT2D eigenvalue weighted by Crippen LogP contribution is -2.36. The number of aromatic nitrogens is 1. The molecule has 0 bridgehead atoms. The van der Waals surface area contributed by atoms with Gasteiger partial charge in [0.1, 0.15) is 0 Å². The predicted octanol–water partition coefficient (Wildman–Crippen LogP) is 3.44. The topological polar surface area (TPSA) is 42.2 Å². The highest BCUT2D eigenvalue weighted by atomic mass is 35.5. The maximum Gasteiger partial charge on any atom is 0.0907 e. The molecule has 112 valence electrons. The molecule has 5 heteroatoms. The summed E-state index contributed by atoms with van der Waals surface area (Å²) in [5.74, 6) is 0. The summed E-state index contributed by atoms with van der Waals surface area (Å²) in [4.78, 5) is 6.83. The van der Waals surface area contributed by atoms with E-state index in [1.165, 1.54) is 10.3 Å². The number of rotatable bonds is 5. The van der Waals surface area contributed by atoms with Crippen LogP contribution in [-0.2, 0) is 6.54 Å². The molecule has 0 aliphatic carbocycles. The lowest BCUT2D eigenvalue weighted by Gasteiger charge is -2.29. The Labute approximate surface area is 131 Å². The van der Waals surface area contributed by atoms with E-state index in [2.05, 4.69) is 55.9 Å². The minimum Gasteiger partial charge on any atom is -0.330 e. The van der Waals surface area contributed by atoms with Crippen LogP contribution < -0.4 is 5.73 Å². The van der Waals surface area contributed by atoms with Crippen molar-refractivity contribution in [2.24, 2.45) is 11.1 Å². The molecule has 0 unspecified atom stereocenters. The van der Waals surface area contributed by atoms with E-state index < -0.39 is 0 Å². The molecule has 0 aliphatic heterocycles. The molecule has 2 aromatic rings. The summed E-state index contributed by atoms with van der Waals surface area (Å²) >= 11 is 1.76. The Morgan fingerprint density at radius 2 is 2.05 bits per heavy atom. The molecule has 1 aromatic heterocycles. The number of halogens is 1. The number of fused-ring (bicyclic) bond motifs is 1. The average Bonchev–Trinajstić information content (AvgIpc) is 2.67. The number of hydrogen-bond acceptors (Lipinski definition) is 4. The second-order valence-electron chi connectivity index (χ2n) is 6.08. The minimum atomic E-state index is 0. The van der Waals surface area contributed by atoms with Crippen molar-refractivity contribution in [2.45, 2.75) is 27.3 Å². The van der Waals surface area contributed by atoms with E-state index in [-0.39, 0.29) is 17.8 Å². The first-order valence-electron chi connectivity index (χ1n) is 6.64. The Morgan fingerprint density at radius 1 is 1.35 bits per heavy atom. The zero-order valence-corrected chi connectivity index (χ0v) is 14.3. The van der Waals surface area contributed by atoms with Crippen molar-refractivity contribution in [1.29, 1.82) is 0 Å². The molecule has 0 aliphatic rings. The highest BCUT2D eigenvalue weighted by Crippen LogP contribution is 2.23. The number of nitrogens with two attached hydrogens (primary N) is 1. The van der Waals surface area contributed by atoms with E-state index in [0.29, 0.717) is 6.54 Å². The zero-order valence-electron chi connectivity index (χ0n) is 12.6. The lowest BCUT2D eigenvalue weighted by molar-refractivity contribution is 0.210. The minimum absolute atomic E-state index is 0. The Hall–Kier alpha value is -0.680. The molecule has 20 heavy (non-hydrogen) atoms. The van der Waals surface area contributed by atoms with Crippen LogP contribution in [0.1, 0.15) is 24.4 Å². The summed E-state index contributed by atoms with van der Waals surface area (Å²) in [5.41, 5.74) is 8.41. The third kappa shape index (κ3) is 4.42. The van der Waals surface area contributed by atoms with Crippen LogP contribution in [0.2, 0.25) is 0 Å². The van der Waals surface area contributed by atoms with E-state index in [1.807, 2.05) is 0 Å². The van der Waals surface area contributed by atoms with Gasteiger partial charge in [0.2, 0.25) is 0 Å². The first-order valence-corrected chi connectivity index (χ1v) is 7.46. The van der Waals surface area contributed by atoms with E-state index in [0.717, 1.165) is 23.6 Å². The number of benzene rings is 1. The van der Waals surface area contributed by atoms with Gasteiger partial charge in [0.05, 0.1) is 15.2 Å². The van der Waals surface area contributed by atoms with Crippen molar-refractivity contribution in [3.8, 4) is 0 Å². The summed E-state index contributed by atoms with van der Waals surface area (Å²) in [6.45, 7) is 9.14. The van der Waals surface area contributed by atoms with Gasteiger partial charge in [0, 0.05) is 13.1 Å². The molecule has 2 rings (SSSR count). The SMILES string of the molecule is Cc1nc2ccc(CN(C)CC(C)(C)CN)cc2s1.Cl. The van der Waals surface area contributed by atoms with Crippen LogP contribution >= 0.6 is 23.7 Å². The van der Waals surface area contributed by atoms with Crippen molar-refractivity contribution in [3.63, 3.8) is 0 Å². The smallest absolute Gasteiger partial charge is 0.0907 e. The van der Waals surface area contributed by atoms with E-state index in [4.69, 9.17) is 5.73 Å². The summed E-state index contributed by atoms with van der Waals surface area (Å²) in [7, 11) is 2.15. The molecule has 0 fully saturated rings. The number of thiazole rings is 1. The second-order valence-corrected chi connectivity index (χ2v) is 7.31. The quantitative estimate of drug-likeness (QED) is 0.919. The normalized spacial score (nSPS) is 11.9. The van der Waals surface area contributed by atoms with Gasteiger partial charge < -0.3 is 10.6 Å². The fraction of sp³-hybridized carbons (Fsp3) is 0.533. The van der Waals surface area contributed by atoms with Crippen LogP contribution in [-0.4, -0.2) is 30.0 Å². The Bertz CT molecular complexity index is 565. The third-order valence-electron chi connectivity index (χ3n) is 3.26. The summed E-state index contributed by atoms with van der Waals surface area (Å²) in [6, 6.07) is 6.55. The molecule has 0 saturated carbocycles. The fourth-order valence-corrected chi connectivity index (χ4v) is 3.24. The van der Waals surface area contributed by atoms with Gasteiger partial charge >= 0.3 is 0 Å². The van der Waals surface area contributed by atoms with Crippen molar-refractivity contribution in [3.05, 3.63) is 28.8 Å². The standard InChI is InChI=1S/C15H23N3S.ClH/c1-11-17-13-6-5-12(7-14(13)19-11)8-18(4)10-15(2,3)9-16;/h5-7H,8-10,16H2,1-4H3;1H. The number of nitrogens with zero attached hydrogens (tertiary/aromatic N) is 2. The van der Waals surface area contributed by atoms with Crippen molar-refractivity contribution < 1.29 is 0 Å². The van der Waals surface area contributed by atoms with Crippen LogP contribution in [0, 0.1) is 12.3 Å². The van der Waals surface area contributed by atoms with Gasteiger partial charge in [-0.1, -0.05) is 19.9 Å². The average molecular weight is 314 g/mol. The molecule has 1 aromatic carbocycles. The van der Waals surface area contributed by atoms with Gasteiger partial charge in [0.15, 0.2) is 0 Å². The first kappa shape index (κ1) is 17.4. The van der Waals surface area contributed by atoms with Gasteiger partial charge in [-0.2, -0.15) is 0 Å². The molecular weight excluding hydrogens is 290 g/mol. The largest absolute Gasteiger partial charge is 0.330 e. The molecule has 0 amide bonds. The van der Waals surface area contributed by atoms with Gasteiger partial charge in [-0.05, 0) is 43.6 Å². The van der Waals surface area contributed by atoms with Crippen LogP contribution in [0.3, 0.4) is 0 Å². The van der Waals surface area contributed by atoms with Crippen LogP contribution in [0.4, 0.5) is 0 Å². The monoisotopic (exact) mass is 313 g/mol. The Balaban J connectivity index is 0.00000200. The van der Waals surface area contributed by atoms with Crippen molar-refractivity contribution >= 4 is 34.0 Å². The molecule has 0 atom stereocenters. The van der Waals surface area contributed by atoms with Crippen LogP contribution in [0.25, 0.3) is 10.2 Å². The molecule has 2 N–H and O–H groups in total. The van der Waals surface area contributed by atoms with Crippen molar-refractivity contribution in [1.82, 2.24) is 9.88 Å². The Kier molecular flexibility index (Phi) is 5.95.